The Balaban J connectivity index is 1.67. The SMILES string of the molecule is CCCCNC(=O)CN1CCN(C(C)C(=O)NC(=O)NCc2ccccc2)CC1. The lowest BCUT2D eigenvalue weighted by Crippen LogP contribution is -2.56. The van der Waals surface area contributed by atoms with Crippen molar-refractivity contribution in [1.82, 2.24) is 25.8 Å². The van der Waals surface area contributed by atoms with Gasteiger partial charge >= 0.3 is 6.03 Å². The molecule has 1 aromatic rings. The minimum atomic E-state index is -0.493. The topological polar surface area (TPSA) is 93.8 Å². The summed E-state index contributed by atoms with van der Waals surface area (Å²) in [7, 11) is 0. The first kappa shape index (κ1) is 22.8. The summed E-state index contributed by atoms with van der Waals surface area (Å²) in [4.78, 5) is 40.4. The molecule has 1 fully saturated rings. The first-order chi connectivity index (χ1) is 14.0. The Morgan fingerprint density at radius 2 is 1.72 bits per heavy atom. The molecule has 8 nitrogen and oxygen atoms in total. The predicted octanol–water partition coefficient (Wildman–Crippen LogP) is 0.935. The normalized spacial score (nSPS) is 16.1. The van der Waals surface area contributed by atoms with Gasteiger partial charge in [0.25, 0.3) is 0 Å². The average molecular weight is 404 g/mol. The zero-order chi connectivity index (χ0) is 21.1. The molecule has 8 heteroatoms. The number of hydrogen-bond donors (Lipinski definition) is 3. The van der Waals surface area contributed by atoms with E-state index < -0.39 is 12.1 Å². The zero-order valence-electron chi connectivity index (χ0n) is 17.4. The lowest BCUT2D eigenvalue weighted by atomic mass is 10.2. The predicted molar refractivity (Wildman–Crippen MR) is 112 cm³/mol. The summed E-state index contributed by atoms with van der Waals surface area (Å²) in [6.07, 6.45) is 2.05. The second-order valence-electron chi connectivity index (χ2n) is 7.35. The van der Waals surface area contributed by atoms with Crippen molar-refractivity contribution >= 4 is 17.8 Å². The molecular weight excluding hydrogens is 370 g/mol. The van der Waals surface area contributed by atoms with E-state index in [1.807, 2.05) is 35.2 Å². The molecule has 0 aliphatic carbocycles. The Kier molecular flexibility index (Phi) is 9.59. The second kappa shape index (κ2) is 12.2. The molecule has 1 aliphatic rings. The van der Waals surface area contributed by atoms with Gasteiger partial charge in [-0.3, -0.25) is 24.7 Å². The Hall–Kier alpha value is -2.45. The van der Waals surface area contributed by atoms with Crippen LogP contribution in [0.3, 0.4) is 0 Å². The number of nitrogens with zero attached hydrogens (tertiary/aromatic N) is 2. The summed E-state index contributed by atoms with van der Waals surface area (Å²) in [5.74, 6) is -0.269. The summed E-state index contributed by atoms with van der Waals surface area (Å²) < 4.78 is 0. The van der Waals surface area contributed by atoms with Gasteiger partial charge in [-0.25, -0.2) is 4.79 Å². The van der Waals surface area contributed by atoms with Crippen molar-refractivity contribution in [2.45, 2.75) is 39.3 Å². The fraction of sp³-hybridized carbons (Fsp3) is 0.571. The van der Waals surface area contributed by atoms with Gasteiger partial charge in [0.1, 0.15) is 0 Å². The van der Waals surface area contributed by atoms with Crippen LogP contribution in [0.5, 0.6) is 0 Å². The van der Waals surface area contributed by atoms with Gasteiger partial charge in [-0.2, -0.15) is 0 Å². The quantitative estimate of drug-likeness (QED) is 0.534. The molecule has 0 spiro atoms. The third kappa shape index (κ3) is 8.21. The number of hydrogen-bond acceptors (Lipinski definition) is 5. The molecule has 0 aromatic heterocycles. The Labute approximate surface area is 173 Å². The number of nitrogens with one attached hydrogen (secondary N) is 3. The molecule has 1 heterocycles. The van der Waals surface area contributed by atoms with Crippen molar-refractivity contribution in [3.05, 3.63) is 35.9 Å². The van der Waals surface area contributed by atoms with Crippen LogP contribution < -0.4 is 16.0 Å². The van der Waals surface area contributed by atoms with Crippen LogP contribution in [-0.2, 0) is 16.1 Å². The zero-order valence-corrected chi connectivity index (χ0v) is 17.4. The van der Waals surface area contributed by atoms with E-state index in [4.69, 9.17) is 0 Å². The number of unbranched alkanes of at least 4 members (excludes halogenated alkanes) is 1. The first-order valence-electron chi connectivity index (χ1n) is 10.3. The van der Waals surface area contributed by atoms with E-state index in [2.05, 4.69) is 27.8 Å². The van der Waals surface area contributed by atoms with Crippen LogP contribution >= 0.6 is 0 Å². The minimum Gasteiger partial charge on any atom is -0.355 e. The minimum absolute atomic E-state index is 0.0489. The van der Waals surface area contributed by atoms with Gasteiger partial charge in [0, 0.05) is 39.3 Å². The van der Waals surface area contributed by atoms with Gasteiger partial charge in [-0.1, -0.05) is 43.7 Å². The van der Waals surface area contributed by atoms with E-state index in [1.165, 1.54) is 0 Å². The lowest BCUT2D eigenvalue weighted by molar-refractivity contribution is -0.127. The van der Waals surface area contributed by atoms with E-state index in [0.29, 0.717) is 26.2 Å². The molecule has 1 aromatic carbocycles. The van der Waals surface area contributed by atoms with Crippen LogP contribution in [0, 0.1) is 0 Å². The Bertz CT molecular complexity index is 660. The number of benzene rings is 1. The maximum atomic E-state index is 12.4. The van der Waals surface area contributed by atoms with Crippen LogP contribution in [0.25, 0.3) is 0 Å². The van der Waals surface area contributed by atoms with Crippen molar-refractivity contribution in [3.63, 3.8) is 0 Å². The summed E-state index contributed by atoms with van der Waals surface area (Å²) in [5, 5.41) is 8.03. The van der Waals surface area contributed by atoms with E-state index >= 15 is 0 Å². The number of urea groups is 1. The highest BCUT2D eigenvalue weighted by atomic mass is 16.2. The molecular formula is C21H33N5O3. The average Bonchev–Trinajstić information content (AvgIpc) is 2.73. The molecule has 1 unspecified atom stereocenters. The van der Waals surface area contributed by atoms with Crippen LogP contribution in [0.2, 0.25) is 0 Å². The molecule has 3 N–H and O–H groups in total. The molecule has 0 saturated carbocycles. The third-order valence-corrected chi connectivity index (χ3v) is 5.09. The number of carbonyl (C=O) groups excluding carboxylic acids is 3. The van der Waals surface area contributed by atoms with Crippen molar-refractivity contribution in [2.75, 3.05) is 39.3 Å². The van der Waals surface area contributed by atoms with Gasteiger partial charge in [0.2, 0.25) is 11.8 Å². The number of imide groups is 1. The van der Waals surface area contributed by atoms with Crippen LogP contribution in [0.15, 0.2) is 30.3 Å². The lowest BCUT2D eigenvalue weighted by Gasteiger charge is -2.37. The number of rotatable bonds is 9. The Morgan fingerprint density at radius 3 is 2.38 bits per heavy atom. The monoisotopic (exact) mass is 403 g/mol. The summed E-state index contributed by atoms with van der Waals surface area (Å²) in [6, 6.07) is 8.63. The first-order valence-corrected chi connectivity index (χ1v) is 10.3. The van der Waals surface area contributed by atoms with E-state index in [-0.39, 0.29) is 11.8 Å². The van der Waals surface area contributed by atoms with Gasteiger partial charge < -0.3 is 10.6 Å². The van der Waals surface area contributed by atoms with Crippen molar-refractivity contribution in [2.24, 2.45) is 0 Å². The highest BCUT2D eigenvalue weighted by Crippen LogP contribution is 2.06. The third-order valence-electron chi connectivity index (χ3n) is 5.09. The van der Waals surface area contributed by atoms with E-state index in [0.717, 1.165) is 38.0 Å². The van der Waals surface area contributed by atoms with Gasteiger partial charge in [0.15, 0.2) is 0 Å². The summed E-state index contributed by atoms with van der Waals surface area (Å²) in [6.45, 7) is 8.18. The highest BCUT2D eigenvalue weighted by Gasteiger charge is 2.27. The molecule has 160 valence electrons. The molecule has 29 heavy (non-hydrogen) atoms. The van der Waals surface area contributed by atoms with E-state index in [9.17, 15) is 14.4 Å². The molecule has 1 atom stereocenters. The van der Waals surface area contributed by atoms with Gasteiger partial charge in [0.05, 0.1) is 12.6 Å². The van der Waals surface area contributed by atoms with E-state index in [1.54, 1.807) is 6.92 Å². The number of amides is 4. The maximum absolute atomic E-state index is 12.4. The fourth-order valence-corrected chi connectivity index (χ4v) is 3.18. The standard InChI is InChI=1S/C21H33N5O3/c1-3-4-10-22-19(27)16-25-11-13-26(14-12-25)17(2)20(28)24-21(29)23-15-18-8-6-5-7-9-18/h5-9,17H,3-4,10-16H2,1-2H3,(H,22,27)(H2,23,24,28,29). The fourth-order valence-electron chi connectivity index (χ4n) is 3.18. The number of piperazine rings is 1. The van der Waals surface area contributed by atoms with Gasteiger partial charge in [-0.15, -0.1) is 0 Å². The van der Waals surface area contributed by atoms with Crippen LogP contribution in [-0.4, -0.2) is 73.0 Å². The second-order valence-corrected chi connectivity index (χ2v) is 7.35. The molecule has 1 aliphatic heterocycles. The van der Waals surface area contributed by atoms with Crippen LogP contribution in [0.4, 0.5) is 4.79 Å². The van der Waals surface area contributed by atoms with Gasteiger partial charge in [-0.05, 0) is 18.9 Å². The smallest absolute Gasteiger partial charge is 0.321 e. The van der Waals surface area contributed by atoms with Crippen LogP contribution in [0.1, 0.15) is 32.3 Å². The molecule has 4 amide bonds. The summed E-state index contributed by atoms with van der Waals surface area (Å²) in [5.41, 5.74) is 0.970. The largest absolute Gasteiger partial charge is 0.355 e. The summed E-state index contributed by atoms with van der Waals surface area (Å²) >= 11 is 0. The molecule has 2 rings (SSSR count). The van der Waals surface area contributed by atoms with Crippen molar-refractivity contribution in [1.29, 1.82) is 0 Å². The number of carbonyl (C=O) groups is 3. The maximum Gasteiger partial charge on any atom is 0.321 e. The molecule has 0 radical (unpaired) electrons. The van der Waals surface area contributed by atoms with Crippen molar-refractivity contribution in [3.8, 4) is 0 Å². The molecule has 0 bridgehead atoms. The highest BCUT2D eigenvalue weighted by molar-refractivity contribution is 5.96. The van der Waals surface area contributed by atoms with Crippen molar-refractivity contribution < 1.29 is 14.4 Å². The Morgan fingerprint density at radius 1 is 1.03 bits per heavy atom. The molecule has 1 saturated heterocycles.